The van der Waals surface area contributed by atoms with E-state index >= 15 is 0 Å². The van der Waals surface area contributed by atoms with Crippen molar-refractivity contribution in [1.29, 1.82) is 0 Å². The molecular formula is C120H73N9O4. The van der Waals surface area contributed by atoms with Crippen LogP contribution in [-0.2, 0) is 0 Å². The first-order chi connectivity index (χ1) is 65.9. The number of nitrogens with zero attached hydrogens (tertiary/aromatic N) is 9. The molecule has 0 fully saturated rings. The molecule has 28 aromatic rings. The summed E-state index contributed by atoms with van der Waals surface area (Å²) in [6, 6.07) is 153. The van der Waals surface area contributed by atoms with Crippen LogP contribution in [0.4, 0.5) is 0 Å². The van der Waals surface area contributed by atoms with Crippen molar-refractivity contribution in [2.45, 2.75) is 0 Å². The summed E-state index contributed by atoms with van der Waals surface area (Å²) < 4.78 is 31.6. The molecule has 0 saturated carbocycles. The number of fused-ring (bicyclic) bond motifs is 21. The smallest absolute Gasteiger partial charge is 0.235 e. The molecule has 0 radical (unpaired) electrons. The molecule has 0 saturated heterocycles. The molecule has 0 aliphatic rings. The molecule has 28 rings (SSSR count). The van der Waals surface area contributed by atoms with Gasteiger partial charge in [-0.15, -0.1) is 0 Å². The number of furan rings is 4. The molecular weight excluding hydrogens is 1630 g/mol. The highest BCUT2D eigenvalue weighted by Crippen LogP contribution is 2.44. The number of hydrogen-bond acceptors (Lipinski definition) is 10. The molecule has 0 unspecified atom stereocenters. The van der Waals surface area contributed by atoms with E-state index < -0.39 is 0 Å². The van der Waals surface area contributed by atoms with Crippen LogP contribution in [-0.4, -0.2) is 43.6 Å². The van der Waals surface area contributed by atoms with Gasteiger partial charge in [0.15, 0.2) is 0 Å². The first kappa shape index (κ1) is 76.1. The van der Waals surface area contributed by atoms with Crippen LogP contribution in [0.25, 0.3) is 261 Å². The molecule has 18 aromatic carbocycles. The first-order valence-corrected chi connectivity index (χ1v) is 44.5. The summed E-state index contributed by atoms with van der Waals surface area (Å²) in [5.41, 5.74) is 28.9. The average Bonchev–Trinajstić information content (AvgIpc) is 1.59. The zero-order chi connectivity index (χ0) is 87.6. The molecule has 0 atom stereocenters. The highest BCUT2D eigenvalue weighted by atomic mass is 16.3. The lowest BCUT2D eigenvalue weighted by Gasteiger charge is -2.12. The van der Waals surface area contributed by atoms with Crippen LogP contribution in [0.5, 0.6) is 0 Å². The van der Waals surface area contributed by atoms with Crippen molar-refractivity contribution in [1.82, 2.24) is 43.6 Å². The van der Waals surface area contributed by atoms with Gasteiger partial charge in [-0.2, -0.15) is 0 Å². The molecule has 0 amide bonds. The van der Waals surface area contributed by atoms with E-state index in [9.17, 15) is 0 Å². The fourth-order valence-corrected chi connectivity index (χ4v) is 19.4. The van der Waals surface area contributed by atoms with Crippen molar-refractivity contribution in [3.8, 4) is 108 Å². The standard InChI is InChI=1S/C40H23N3O2.2C40H25N3O/c1-5-13-34-26(9-1)27-10-2-6-14-35(27)43(34)40-41-32(24-17-19-30-28-11-3-7-15-36(28)44-38(30)21-24)23-33(42-40)25-18-20-31-29-12-4-8-16-37(29)45-39(31)22-25;1-3-11-26(12-4-1)28-20-22-37-33(23-28)30-15-7-9-17-36(30)43(37)40-41-34(27-13-5-2-6-14-27)25-35(42-40)29-19-21-32-31-16-8-10-18-38(31)44-39(32)24-29;1-2-10-26(11-3-1)27-18-20-28(21-19-27)34-25-35(29-22-23-33-32-14-6-9-17-38(32)44-39(33)24-29)42-40(41-34)43-36-15-7-4-12-30(36)31-13-5-8-16-37(31)43/h1-23H;2*1-25H. The van der Waals surface area contributed by atoms with Crippen LogP contribution in [0.1, 0.15) is 0 Å². The predicted octanol–water partition coefficient (Wildman–Crippen LogP) is 31.7. The third-order valence-electron chi connectivity index (χ3n) is 25.7. The van der Waals surface area contributed by atoms with Gasteiger partial charge in [0.1, 0.15) is 44.7 Å². The molecule has 0 spiro atoms. The quantitative estimate of drug-likeness (QED) is 0.123. The molecule has 622 valence electrons. The van der Waals surface area contributed by atoms with E-state index in [0.29, 0.717) is 17.8 Å². The molecule has 10 heterocycles. The van der Waals surface area contributed by atoms with E-state index in [1.165, 1.54) is 43.8 Å². The molecule has 10 aromatic heterocycles. The number of hydrogen-bond donors (Lipinski definition) is 0. The maximum Gasteiger partial charge on any atom is 0.235 e. The van der Waals surface area contributed by atoms with Crippen molar-refractivity contribution < 1.29 is 17.7 Å². The monoisotopic (exact) mass is 1700 g/mol. The zero-order valence-corrected chi connectivity index (χ0v) is 71.3. The Morgan fingerprint density at radius 2 is 0.331 bits per heavy atom. The predicted molar refractivity (Wildman–Crippen MR) is 542 cm³/mol. The van der Waals surface area contributed by atoms with Gasteiger partial charge in [0.25, 0.3) is 0 Å². The van der Waals surface area contributed by atoms with Gasteiger partial charge in [0.2, 0.25) is 17.8 Å². The van der Waals surface area contributed by atoms with Crippen molar-refractivity contribution in [2.24, 2.45) is 0 Å². The van der Waals surface area contributed by atoms with Crippen LogP contribution in [0, 0.1) is 0 Å². The average molecular weight is 1700 g/mol. The molecule has 13 nitrogen and oxygen atoms in total. The van der Waals surface area contributed by atoms with E-state index in [4.69, 9.17) is 47.6 Å². The van der Waals surface area contributed by atoms with Gasteiger partial charge in [0, 0.05) is 109 Å². The summed E-state index contributed by atoms with van der Waals surface area (Å²) in [4.78, 5) is 31.2. The van der Waals surface area contributed by atoms with Crippen LogP contribution < -0.4 is 0 Å². The lowest BCUT2D eigenvalue weighted by Crippen LogP contribution is -2.04. The summed E-state index contributed by atoms with van der Waals surface area (Å²) in [5, 5.41) is 15.8. The van der Waals surface area contributed by atoms with Crippen LogP contribution in [0.15, 0.2) is 461 Å². The normalized spacial score (nSPS) is 11.8. The molecule has 13 heteroatoms. The highest BCUT2D eigenvalue weighted by Gasteiger charge is 2.25. The minimum atomic E-state index is 0.606. The highest BCUT2D eigenvalue weighted by molar-refractivity contribution is 6.14. The van der Waals surface area contributed by atoms with Gasteiger partial charge < -0.3 is 17.7 Å². The Morgan fingerprint density at radius 3 is 0.647 bits per heavy atom. The van der Waals surface area contributed by atoms with Gasteiger partial charge in [-0.25, -0.2) is 29.9 Å². The van der Waals surface area contributed by atoms with Gasteiger partial charge >= 0.3 is 0 Å². The molecule has 133 heavy (non-hydrogen) atoms. The number of rotatable bonds is 11. The SMILES string of the molecule is c1ccc(-c2ccc(-c3cc(-c4ccc5c(c4)oc4ccccc45)nc(-n4c5ccccc5c5ccccc54)n3)cc2)cc1.c1ccc(-c2ccc3c(c2)c2ccccc2n3-c2nc(-c3ccccc3)cc(-c3ccc4c(c3)oc3ccccc34)n2)cc1.c1ccc2c(c1)oc1cc(-c3cc(-c4ccc5c(c4)oc4ccccc45)nc(-n4c5ccccc5c5ccccc54)n3)ccc12. The summed E-state index contributed by atoms with van der Waals surface area (Å²) in [6.07, 6.45) is 0. The largest absolute Gasteiger partial charge is 0.456 e. The Hall–Kier alpha value is -18.2. The summed E-state index contributed by atoms with van der Waals surface area (Å²) in [5.74, 6) is 1.87. The Bertz CT molecular complexity index is 9250. The Labute approximate surface area is 759 Å². The molecule has 0 bridgehead atoms. The molecule has 0 aliphatic heterocycles. The van der Waals surface area contributed by atoms with Gasteiger partial charge in [-0.3, -0.25) is 13.7 Å². The minimum Gasteiger partial charge on any atom is -0.456 e. The second-order valence-electron chi connectivity index (χ2n) is 33.6. The lowest BCUT2D eigenvalue weighted by molar-refractivity contribution is 0.668. The fourth-order valence-electron chi connectivity index (χ4n) is 19.4. The van der Waals surface area contributed by atoms with Crippen molar-refractivity contribution in [3.63, 3.8) is 0 Å². The van der Waals surface area contributed by atoms with Crippen LogP contribution in [0.3, 0.4) is 0 Å². The number of benzene rings is 18. The van der Waals surface area contributed by atoms with Crippen molar-refractivity contribution in [3.05, 3.63) is 443 Å². The van der Waals surface area contributed by atoms with E-state index in [-0.39, 0.29) is 0 Å². The van der Waals surface area contributed by atoms with Gasteiger partial charge in [-0.05, 0) is 156 Å². The van der Waals surface area contributed by atoms with E-state index in [1.54, 1.807) is 0 Å². The molecule has 0 N–H and O–H groups in total. The maximum absolute atomic E-state index is 6.26. The second-order valence-corrected chi connectivity index (χ2v) is 33.6. The topological polar surface area (TPSA) is 145 Å². The van der Waals surface area contributed by atoms with E-state index in [0.717, 1.165) is 199 Å². The summed E-state index contributed by atoms with van der Waals surface area (Å²) in [6.45, 7) is 0. The third kappa shape index (κ3) is 13.2. The Balaban J connectivity index is 0.000000104. The van der Waals surface area contributed by atoms with Gasteiger partial charge in [-0.1, -0.05) is 309 Å². The van der Waals surface area contributed by atoms with Gasteiger partial charge in [0.05, 0.1) is 67.3 Å². The fraction of sp³-hybridized carbons (Fsp3) is 0. The summed E-state index contributed by atoms with van der Waals surface area (Å²) >= 11 is 0. The molecule has 0 aliphatic carbocycles. The van der Waals surface area contributed by atoms with E-state index in [2.05, 4.69) is 359 Å². The maximum atomic E-state index is 6.26. The zero-order valence-electron chi connectivity index (χ0n) is 71.3. The van der Waals surface area contributed by atoms with Crippen molar-refractivity contribution in [2.75, 3.05) is 0 Å². The Kier molecular flexibility index (Phi) is 17.9. The number of para-hydroxylation sites is 9. The number of aromatic nitrogens is 9. The second kappa shape index (κ2) is 31.4. The first-order valence-electron chi connectivity index (χ1n) is 44.5. The van der Waals surface area contributed by atoms with Crippen LogP contribution >= 0.6 is 0 Å². The summed E-state index contributed by atoms with van der Waals surface area (Å²) in [7, 11) is 0. The lowest BCUT2D eigenvalue weighted by atomic mass is 10.0. The van der Waals surface area contributed by atoms with E-state index in [1.807, 2.05) is 97.1 Å². The third-order valence-corrected chi connectivity index (χ3v) is 25.7. The van der Waals surface area contributed by atoms with Crippen molar-refractivity contribution >= 4 is 153 Å². The minimum absolute atomic E-state index is 0.606. The Morgan fingerprint density at radius 1 is 0.128 bits per heavy atom. The van der Waals surface area contributed by atoms with Crippen LogP contribution in [0.2, 0.25) is 0 Å².